The van der Waals surface area contributed by atoms with Gasteiger partial charge in [0.25, 0.3) is 0 Å². The number of hydrogen-bond acceptors (Lipinski definition) is 4. The molecule has 1 aliphatic heterocycles. The molecule has 5 nitrogen and oxygen atoms in total. The van der Waals surface area contributed by atoms with Crippen LogP contribution in [-0.4, -0.2) is 63.3 Å². The van der Waals surface area contributed by atoms with E-state index in [4.69, 9.17) is 4.74 Å². The fourth-order valence-electron chi connectivity index (χ4n) is 2.56. The number of hydrogen-bond donors (Lipinski definition) is 2. The van der Waals surface area contributed by atoms with Gasteiger partial charge in [0.15, 0.2) is 0 Å². The van der Waals surface area contributed by atoms with Gasteiger partial charge < -0.3 is 15.4 Å². The molecule has 2 unspecified atom stereocenters. The molecule has 0 radical (unpaired) electrons. The largest absolute Gasteiger partial charge is 0.383 e. The van der Waals surface area contributed by atoms with Crippen molar-refractivity contribution in [1.29, 1.82) is 0 Å². The molecule has 1 aliphatic rings. The molecule has 0 aliphatic carbocycles. The SMILES string of the molecule is CCCNC1CCN(CC(=O)NCCOC)CC1C. The zero-order chi connectivity index (χ0) is 14.1. The van der Waals surface area contributed by atoms with Gasteiger partial charge in [0, 0.05) is 32.8 Å². The Kier molecular flexibility index (Phi) is 8.02. The molecular formula is C14H29N3O2. The number of carbonyl (C=O) groups is 1. The summed E-state index contributed by atoms with van der Waals surface area (Å²) in [5.74, 6) is 0.705. The van der Waals surface area contributed by atoms with Crippen LogP contribution in [0.5, 0.6) is 0 Å². The minimum Gasteiger partial charge on any atom is -0.383 e. The fraction of sp³-hybridized carbons (Fsp3) is 0.929. The van der Waals surface area contributed by atoms with Gasteiger partial charge in [-0.05, 0) is 25.3 Å². The number of nitrogens with zero attached hydrogens (tertiary/aromatic N) is 1. The number of rotatable bonds is 8. The van der Waals surface area contributed by atoms with E-state index < -0.39 is 0 Å². The summed E-state index contributed by atoms with van der Waals surface area (Å²) in [4.78, 5) is 14.0. The zero-order valence-corrected chi connectivity index (χ0v) is 12.6. The van der Waals surface area contributed by atoms with Crippen LogP contribution in [0.25, 0.3) is 0 Å². The third-order valence-corrected chi connectivity index (χ3v) is 3.64. The number of ether oxygens (including phenoxy) is 1. The summed E-state index contributed by atoms with van der Waals surface area (Å²) in [6.45, 7) is 9.23. The van der Waals surface area contributed by atoms with Gasteiger partial charge in [-0.15, -0.1) is 0 Å². The van der Waals surface area contributed by atoms with Gasteiger partial charge in [-0.2, -0.15) is 0 Å². The van der Waals surface area contributed by atoms with Gasteiger partial charge in [-0.1, -0.05) is 13.8 Å². The molecule has 1 saturated heterocycles. The summed E-state index contributed by atoms with van der Waals surface area (Å²) in [6.07, 6.45) is 2.31. The molecule has 0 spiro atoms. The average molecular weight is 271 g/mol. The minimum atomic E-state index is 0.101. The van der Waals surface area contributed by atoms with Crippen LogP contribution in [0.2, 0.25) is 0 Å². The first-order chi connectivity index (χ1) is 9.17. The van der Waals surface area contributed by atoms with Crippen molar-refractivity contribution in [3.05, 3.63) is 0 Å². The Bertz CT molecular complexity index is 261. The number of methoxy groups -OCH3 is 1. The van der Waals surface area contributed by atoms with Crippen molar-refractivity contribution in [1.82, 2.24) is 15.5 Å². The van der Waals surface area contributed by atoms with E-state index >= 15 is 0 Å². The van der Waals surface area contributed by atoms with E-state index in [2.05, 4.69) is 29.4 Å². The number of nitrogens with one attached hydrogen (secondary N) is 2. The molecule has 1 fully saturated rings. The van der Waals surface area contributed by atoms with Crippen molar-refractivity contribution in [3.63, 3.8) is 0 Å². The van der Waals surface area contributed by atoms with Crippen LogP contribution in [0.15, 0.2) is 0 Å². The van der Waals surface area contributed by atoms with Crippen molar-refractivity contribution in [2.45, 2.75) is 32.7 Å². The van der Waals surface area contributed by atoms with E-state index in [-0.39, 0.29) is 5.91 Å². The van der Waals surface area contributed by atoms with E-state index in [9.17, 15) is 4.79 Å². The third kappa shape index (κ3) is 6.36. The second-order valence-corrected chi connectivity index (χ2v) is 5.40. The maximum Gasteiger partial charge on any atom is 0.234 e. The lowest BCUT2D eigenvalue weighted by atomic mass is 9.93. The Morgan fingerprint density at radius 3 is 2.84 bits per heavy atom. The maximum atomic E-state index is 11.7. The van der Waals surface area contributed by atoms with E-state index in [1.807, 2.05) is 0 Å². The number of piperidine rings is 1. The smallest absolute Gasteiger partial charge is 0.234 e. The number of amides is 1. The molecule has 19 heavy (non-hydrogen) atoms. The Labute approximate surface area is 117 Å². The summed E-state index contributed by atoms with van der Waals surface area (Å²) in [5, 5.41) is 6.46. The first kappa shape index (κ1) is 16.4. The fourth-order valence-corrected chi connectivity index (χ4v) is 2.56. The van der Waals surface area contributed by atoms with Gasteiger partial charge in [-0.3, -0.25) is 9.69 Å². The predicted molar refractivity (Wildman–Crippen MR) is 77.2 cm³/mol. The lowest BCUT2D eigenvalue weighted by Gasteiger charge is -2.37. The molecule has 0 aromatic carbocycles. The van der Waals surface area contributed by atoms with Gasteiger partial charge in [0.1, 0.15) is 0 Å². The van der Waals surface area contributed by atoms with Gasteiger partial charge in [0.05, 0.1) is 13.2 Å². The van der Waals surface area contributed by atoms with E-state index in [0.717, 1.165) is 26.1 Å². The lowest BCUT2D eigenvalue weighted by Crippen LogP contribution is -2.50. The zero-order valence-electron chi connectivity index (χ0n) is 12.6. The van der Waals surface area contributed by atoms with Crippen LogP contribution in [0.1, 0.15) is 26.7 Å². The van der Waals surface area contributed by atoms with Crippen molar-refractivity contribution in [2.24, 2.45) is 5.92 Å². The monoisotopic (exact) mass is 271 g/mol. The van der Waals surface area contributed by atoms with Crippen LogP contribution in [-0.2, 0) is 9.53 Å². The highest BCUT2D eigenvalue weighted by molar-refractivity contribution is 5.77. The first-order valence-electron chi connectivity index (χ1n) is 7.38. The molecule has 5 heteroatoms. The molecule has 1 heterocycles. The van der Waals surface area contributed by atoms with Crippen LogP contribution < -0.4 is 10.6 Å². The third-order valence-electron chi connectivity index (χ3n) is 3.64. The van der Waals surface area contributed by atoms with E-state index in [0.29, 0.717) is 31.7 Å². The van der Waals surface area contributed by atoms with Gasteiger partial charge in [0.2, 0.25) is 5.91 Å². The molecule has 2 atom stereocenters. The van der Waals surface area contributed by atoms with Crippen molar-refractivity contribution < 1.29 is 9.53 Å². The second-order valence-electron chi connectivity index (χ2n) is 5.40. The Balaban J connectivity index is 2.21. The van der Waals surface area contributed by atoms with Crippen molar-refractivity contribution in [3.8, 4) is 0 Å². The molecule has 0 saturated carbocycles. The second kappa shape index (κ2) is 9.28. The number of carbonyl (C=O) groups excluding carboxylic acids is 1. The summed E-state index contributed by atoms with van der Waals surface area (Å²) in [6, 6.07) is 0.604. The molecule has 0 aromatic heterocycles. The molecule has 1 rings (SSSR count). The normalized spacial score (nSPS) is 24.4. The molecule has 2 N–H and O–H groups in total. The van der Waals surface area contributed by atoms with Crippen LogP contribution in [0, 0.1) is 5.92 Å². The number of likely N-dealkylation sites (tertiary alicyclic amines) is 1. The summed E-state index contributed by atoms with van der Waals surface area (Å²) in [7, 11) is 1.64. The highest BCUT2D eigenvalue weighted by Crippen LogP contribution is 2.16. The van der Waals surface area contributed by atoms with Gasteiger partial charge >= 0.3 is 0 Å². The Morgan fingerprint density at radius 2 is 2.21 bits per heavy atom. The minimum absolute atomic E-state index is 0.101. The lowest BCUT2D eigenvalue weighted by molar-refractivity contribution is -0.122. The van der Waals surface area contributed by atoms with Crippen LogP contribution in [0.4, 0.5) is 0 Å². The van der Waals surface area contributed by atoms with E-state index in [1.165, 1.54) is 6.42 Å². The molecule has 112 valence electrons. The quantitative estimate of drug-likeness (QED) is 0.630. The average Bonchev–Trinajstić information content (AvgIpc) is 2.38. The van der Waals surface area contributed by atoms with Crippen molar-refractivity contribution in [2.75, 3.05) is 46.4 Å². The molecule has 0 aromatic rings. The van der Waals surface area contributed by atoms with Gasteiger partial charge in [-0.25, -0.2) is 0 Å². The van der Waals surface area contributed by atoms with Crippen LogP contribution >= 0.6 is 0 Å². The molecule has 0 bridgehead atoms. The molecule has 1 amide bonds. The topological polar surface area (TPSA) is 53.6 Å². The van der Waals surface area contributed by atoms with Crippen molar-refractivity contribution >= 4 is 5.91 Å². The predicted octanol–water partition coefficient (Wildman–Crippen LogP) is 0.459. The highest BCUT2D eigenvalue weighted by Gasteiger charge is 2.26. The Hall–Kier alpha value is -0.650. The van der Waals surface area contributed by atoms with Crippen LogP contribution in [0.3, 0.4) is 0 Å². The maximum absolute atomic E-state index is 11.7. The van der Waals surface area contributed by atoms with E-state index in [1.54, 1.807) is 7.11 Å². The first-order valence-corrected chi connectivity index (χ1v) is 7.38. The standard InChI is InChI=1S/C14H29N3O2/c1-4-6-15-13-5-8-17(10-12(13)2)11-14(18)16-7-9-19-3/h12-13,15H,4-11H2,1-3H3,(H,16,18). The Morgan fingerprint density at radius 1 is 1.42 bits per heavy atom. The summed E-state index contributed by atoms with van der Waals surface area (Å²) < 4.78 is 4.91. The summed E-state index contributed by atoms with van der Waals surface area (Å²) >= 11 is 0. The highest BCUT2D eigenvalue weighted by atomic mass is 16.5. The molecular weight excluding hydrogens is 242 g/mol. The summed E-state index contributed by atoms with van der Waals surface area (Å²) in [5.41, 5.74) is 0.